The third-order valence-electron chi connectivity index (χ3n) is 2.64. The first-order valence-corrected chi connectivity index (χ1v) is 6.11. The van der Waals surface area contributed by atoms with Crippen molar-refractivity contribution in [3.05, 3.63) is 35.4 Å². The van der Waals surface area contributed by atoms with Crippen LogP contribution in [0.4, 0.5) is 0 Å². The topological polar surface area (TPSA) is 96.9 Å². The quantitative estimate of drug-likeness (QED) is 0.640. The SMILES string of the molecule is O=C([O-])c1ccc([C@H]2[NH2+][C@H](C(=O)[O-])CS2)cc1. The van der Waals surface area contributed by atoms with E-state index in [-0.39, 0.29) is 10.9 Å². The average Bonchev–Trinajstić information content (AvgIpc) is 2.78. The number of aliphatic carboxylic acids is 1. The van der Waals surface area contributed by atoms with Gasteiger partial charge in [0.05, 0.1) is 11.7 Å². The molecule has 90 valence electrons. The van der Waals surface area contributed by atoms with Gasteiger partial charge >= 0.3 is 0 Å². The van der Waals surface area contributed by atoms with Crippen molar-refractivity contribution in [2.75, 3.05) is 5.75 Å². The number of rotatable bonds is 3. The Morgan fingerprint density at radius 1 is 1.24 bits per heavy atom. The summed E-state index contributed by atoms with van der Waals surface area (Å²) in [5.74, 6) is -1.78. The summed E-state index contributed by atoms with van der Waals surface area (Å²) >= 11 is 1.51. The maximum absolute atomic E-state index is 10.7. The van der Waals surface area contributed by atoms with Gasteiger partial charge in [-0.3, -0.25) is 0 Å². The number of aromatic carboxylic acids is 1. The predicted octanol–water partition coefficient (Wildman–Crippen LogP) is -2.52. The van der Waals surface area contributed by atoms with Crippen molar-refractivity contribution in [3.63, 3.8) is 0 Å². The van der Waals surface area contributed by atoms with Crippen LogP contribution in [-0.2, 0) is 4.79 Å². The lowest BCUT2D eigenvalue weighted by Gasteiger charge is -2.11. The Balaban J connectivity index is 2.09. The van der Waals surface area contributed by atoms with Gasteiger partial charge in [0.25, 0.3) is 0 Å². The third-order valence-corrected chi connectivity index (χ3v) is 3.98. The molecule has 0 bridgehead atoms. The van der Waals surface area contributed by atoms with E-state index in [2.05, 4.69) is 0 Å². The molecule has 1 fully saturated rings. The highest BCUT2D eigenvalue weighted by Crippen LogP contribution is 2.26. The van der Waals surface area contributed by atoms with Crippen LogP contribution in [0.3, 0.4) is 0 Å². The molecule has 2 atom stereocenters. The van der Waals surface area contributed by atoms with E-state index in [1.54, 1.807) is 17.4 Å². The van der Waals surface area contributed by atoms with Crippen molar-refractivity contribution in [1.29, 1.82) is 0 Å². The number of carboxylic acid groups (broad SMARTS) is 2. The molecule has 0 saturated carbocycles. The molecule has 0 radical (unpaired) electrons. The van der Waals surface area contributed by atoms with Crippen molar-refractivity contribution < 1.29 is 25.1 Å². The second-order valence-electron chi connectivity index (χ2n) is 3.78. The van der Waals surface area contributed by atoms with Crippen LogP contribution in [-0.4, -0.2) is 23.7 Å². The molecule has 0 aliphatic carbocycles. The summed E-state index contributed by atoms with van der Waals surface area (Å²) in [4.78, 5) is 21.2. The molecule has 5 nitrogen and oxygen atoms in total. The van der Waals surface area contributed by atoms with Gasteiger partial charge in [0, 0.05) is 5.56 Å². The van der Waals surface area contributed by atoms with Crippen LogP contribution in [0.1, 0.15) is 21.3 Å². The minimum absolute atomic E-state index is 0.0197. The van der Waals surface area contributed by atoms with Gasteiger partial charge in [-0.2, -0.15) is 0 Å². The van der Waals surface area contributed by atoms with Gasteiger partial charge in [-0.25, -0.2) is 0 Å². The minimum atomic E-state index is -1.22. The molecule has 0 aromatic heterocycles. The zero-order chi connectivity index (χ0) is 12.4. The number of carboxylic acids is 2. The van der Waals surface area contributed by atoms with Crippen LogP contribution < -0.4 is 15.5 Å². The van der Waals surface area contributed by atoms with Gasteiger partial charge in [0.1, 0.15) is 12.0 Å². The fourth-order valence-electron chi connectivity index (χ4n) is 1.69. The maximum atomic E-state index is 10.7. The third kappa shape index (κ3) is 2.59. The average molecular weight is 252 g/mol. The molecule has 0 amide bonds. The predicted molar refractivity (Wildman–Crippen MR) is 56.7 cm³/mol. The van der Waals surface area contributed by atoms with E-state index in [1.807, 2.05) is 0 Å². The van der Waals surface area contributed by atoms with Gasteiger partial charge in [0.15, 0.2) is 5.37 Å². The zero-order valence-electron chi connectivity index (χ0n) is 8.79. The highest BCUT2D eigenvalue weighted by molar-refractivity contribution is 7.99. The summed E-state index contributed by atoms with van der Waals surface area (Å²) in [6.07, 6.45) is 0. The molecule has 1 aliphatic rings. The summed E-state index contributed by atoms with van der Waals surface area (Å²) in [6.45, 7) is 0. The lowest BCUT2D eigenvalue weighted by atomic mass is 10.1. The van der Waals surface area contributed by atoms with Crippen LogP contribution in [0.2, 0.25) is 0 Å². The molecule has 2 N–H and O–H groups in total. The largest absolute Gasteiger partial charge is 0.545 e. The highest BCUT2D eigenvalue weighted by atomic mass is 32.2. The summed E-state index contributed by atoms with van der Waals surface area (Å²) in [6, 6.07) is 5.75. The van der Waals surface area contributed by atoms with E-state index < -0.39 is 18.0 Å². The summed E-state index contributed by atoms with van der Waals surface area (Å²) in [7, 11) is 0. The number of quaternary nitrogens is 1. The Labute approximate surface area is 102 Å². The molecular weight excluding hydrogens is 242 g/mol. The Bertz CT molecular complexity index is 445. The number of thioether (sulfide) groups is 1. The molecule has 1 saturated heterocycles. The second kappa shape index (κ2) is 4.77. The van der Waals surface area contributed by atoms with Crippen molar-refractivity contribution in [3.8, 4) is 0 Å². The van der Waals surface area contributed by atoms with Crippen molar-refractivity contribution in [2.24, 2.45) is 0 Å². The Kier molecular flexibility index (Phi) is 3.35. The summed E-state index contributed by atoms with van der Waals surface area (Å²) in [5, 5.41) is 22.9. The molecular formula is C11H10NO4S-. The smallest absolute Gasteiger partial charge is 0.159 e. The number of benzene rings is 1. The monoisotopic (exact) mass is 252 g/mol. The first-order valence-electron chi connectivity index (χ1n) is 5.06. The van der Waals surface area contributed by atoms with Crippen LogP contribution >= 0.6 is 11.8 Å². The lowest BCUT2D eigenvalue weighted by Crippen LogP contribution is -2.90. The molecule has 6 heteroatoms. The van der Waals surface area contributed by atoms with Gasteiger partial charge in [0.2, 0.25) is 0 Å². The standard InChI is InChI=1S/C11H11NO4S/c13-10(14)7-3-1-6(2-4-7)9-12-8(5-17-9)11(15)16/h1-4,8-9,12H,5H2,(H,13,14)(H,15,16)/p-1/t8-,9-/m0/s1. The lowest BCUT2D eigenvalue weighted by molar-refractivity contribution is -0.690. The number of carbonyl (C=O) groups excluding carboxylic acids is 2. The maximum Gasteiger partial charge on any atom is 0.159 e. The normalized spacial score (nSPS) is 23.5. The second-order valence-corrected chi connectivity index (χ2v) is 4.96. The van der Waals surface area contributed by atoms with Crippen molar-refractivity contribution >= 4 is 23.7 Å². The first kappa shape index (κ1) is 11.9. The summed E-state index contributed by atoms with van der Waals surface area (Å²) < 4.78 is 0. The van der Waals surface area contributed by atoms with E-state index in [1.165, 1.54) is 23.9 Å². The van der Waals surface area contributed by atoms with E-state index in [0.29, 0.717) is 5.75 Å². The Morgan fingerprint density at radius 3 is 2.35 bits per heavy atom. The Hall–Kier alpha value is -1.53. The van der Waals surface area contributed by atoms with Crippen LogP contribution in [0, 0.1) is 0 Å². The fraction of sp³-hybridized carbons (Fsp3) is 0.273. The molecule has 0 spiro atoms. The van der Waals surface area contributed by atoms with Crippen LogP contribution in [0.5, 0.6) is 0 Å². The summed E-state index contributed by atoms with van der Waals surface area (Å²) in [5.41, 5.74) is 1.01. The van der Waals surface area contributed by atoms with Crippen LogP contribution in [0.15, 0.2) is 24.3 Å². The molecule has 0 unspecified atom stereocenters. The van der Waals surface area contributed by atoms with E-state index >= 15 is 0 Å². The molecule has 17 heavy (non-hydrogen) atoms. The molecule has 2 rings (SSSR count). The van der Waals surface area contributed by atoms with Gasteiger partial charge in [-0.15, -0.1) is 0 Å². The molecule has 1 heterocycles. The van der Waals surface area contributed by atoms with Crippen molar-refractivity contribution in [1.82, 2.24) is 0 Å². The zero-order valence-corrected chi connectivity index (χ0v) is 9.61. The Morgan fingerprint density at radius 2 is 1.88 bits per heavy atom. The first-order chi connectivity index (χ1) is 8.08. The van der Waals surface area contributed by atoms with E-state index in [0.717, 1.165) is 5.56 Å². The number of nitrogens with two attached hydrogens (primary N) is 1. The number of carbonyl (C=O) groups is 2. The molecule has 1 aliphatic heterocycles. The number of hydrogen-bond acceptors (Lipinski definition) is 5. The number of hydrogen-bond donors (Lipinski definition) is 1. The molecule has 1 aromatic carbocycles. The van der Waals surface area contributed by atoms with Gasteiger partial charge < -0.3 is 25.1 Å². The van der Waals surface area contributed by atoms with Crippen LogP contribution in [0.25, 0.3) is 0 Å². The fourth-order valence-corrected chi connectivity index (χ4v) is 3.00. The van der Waals surface area contributed by atoms with E-state index in [9.17, 15) is 19.8 Å². The van der Waals surface area contributed by atoms with Gasteiger partial charge in [-0.1, -0.05) is 36.0 Å². The van der Waals surface area contributed by atoms with Gasteiger partial charge in [-0.05, 0) is 5.56 Å². The highest BCUT2D eigenvalue weighted by Gasteiger charge is 2.30. The molecule has 1 aromatic rings. The van der Waals surface area contributed by atoms with Crippen molar-refractivity contribution in [2.45, 2.75) is 11.4 Å². The minimum Gasteiger partial charge on any atom is -0.545 e. The van der Waals surface area contributed by atoms with E-state index in [4.69, 9.17) is 0 Å².